The van der Waals surface area contributed by atoms with Crippen LogP contribution in [0.4, 0.5) is 0 Å². The third kappa shape index (κ3) is 2.21. The largest absolute Gasteiger partial charge is 0.0670 e. The lowest BCUT2D eigenvalue weighted by molar-refractivity contribution is 0.704. The molecular weight excluding hydrogens is 108 g/mol. The molecule has 0 spiro atoms. The average molecular weight is 123 g/mol. The molecule has 0 amide bonds. The first kappa shape index (κ1) is 6.85. The van der Waals surface area contributed by atoms with Gasteiger partial charge in [0.15, 0.2) is 0 Å². The fraction of sp³-hybridized carbons (Fsp3) is 0.778. The lowest BCUT2D eigenvalue weighted by Gasteiger charge is -1.96. The van der Waals surface area contributed by atoms with Gasteiger partial charge in [0.1, 0.15) is 0 Å². The summed E-state index contributed by atoms with van der Waals surface area (Å²) in [6.45, 7) is 2.23. The van der Waals surface area contributed by atoms with Gasteiger partial charge in [0.05, 0.1) is 0 Å². The molecule has 0 saturated carbocycles. The van der Waals surface area contributed by atoms with E-state index in [0.717, 1.165) is 0 Å². The second-order valence-corrected chi connectivity index (χ2v) is 2.69. The summed E-state index contributed by atoms with van der Waals surface area (Å²) in [4.78, 5) is 0. The number of rotatable bonds is 1. The zero-order valence-electron chi connectivity index (χ0n) is 6.24. The van der Waals surface area contributed by atoms with E-state index in [9.17, 15) is 0 Å². The van der Waals surface area contributed by atoms with Crippen LogP contribution in [0.15, 0.2) is 5.57 Å². The smallest absolute Gasteiger partial charge is 0.0277 e. The molecule has 0 heterocycles. The highest BCUT2D eigenvalue weighted by molar-refractivity contribution is 4.97. The standard InChI is InChI=1S/C9H15/c1-2-9-7-5-3-4-6-8-9/h2-7H2,1H3. The summed E-state index contributed by atoms with van der Waals surface area (Å²) in [5, 5.41) is 0. The Bertz CT molecular complexity index is 101. The molecule has 0 bridgehead atoms. The molecule has 1 aliphatic rings. The van der Waals surface area contributed by atoms with Crippen LogP contribution in [0, 0.1) is 6.08 Å². The predicted octanol–water partition coefficient (Wildman–Crippen LogP) is 3.09. The molecule has 1 aliphatic carbocycles. The predicted molar refractivity (Wildman–Crippen MR) is 40.1 cm³/mol. The van der Waals surface area contributed by atoms with E-state index in [1.807, 2.05) is 0 Å². The Hall–Kier alpha value is -0.260. The van der Waals surface area contributed by atoms with E-state index in [1.165, 1.54) is 38.5 Å². The maximum atomic E-state index is 3.45. The van der Waals surface area contributed by atoms with Crippen LogP contribution in [0.5, 0.6) is 0 Å². The Morgan fingerprint density at radius 1 is 1.33 bits per heavy atom. The maximum absolute atomic E-state index is 3.45. The van der Waals surface area contributed by atoms with Crippen molar-refractivity contribution in [3.05, 3.63) is 11.6 Å². The minimum Gasteiger partial charge on any atom is -0.0670 e. The van der Waals surface area contributed by atoms with Gasteiger partial charge in [-0.1, -0.05) is 18.9 Å². The Morgan fingerprint density at radius 3 is 3.00 bits per heavy atom. The van der Waals surface area contributed by atoms with Crippen molar-refractivity contribution in [3.63, 3.8) is 0 Å². The van der Waals surface area contributed by atoms with Crippen molar-refractivity contribution >= 4 is 0 Å². The van der Waals surface area contributed by atoms with Crippen LogP contribution in [0.1, 0.15) is 45.4 Å². The summed E-state index contributed by atoms with van der Waals surface area (Å²) in [6, 6.07) is 0. The highest BCUT2D eigenvalue weighted by atomic mass is 14.0. The summed E-state index contributed by atoms with van der Waals surface area (Å²) in [5.74, 6) is 0. The normalized spacial score (nSPS) is 20.8. The fourth-order valence-electron chi connectivity index (χ4n) is 1.30. The Labute approximate surface area is 58.0 Å². The van der Waals surface area contributed by atoms with Crippen LogP contribution in [0.3, 0.4) is 0 Å². The Morgan fingerprint density at radius 2 is 2.22 bits per heavy atom. The zero-order chi connectivity index (χ0) is 6.53. The topological polar surface area (TPSA) is 0 Å². The summed E-state index contributed by atoms with van der Waals surface area (Å²) in [5.41, 5.74) is 1.56. The van der Waals surface area contributed by atoms with Gasteiger partial charge in [-0.3, -0.25) is 0 Å². The van der Waals surface area contributed by atoms with E-state index >= 15 is 0 Å². The van der Waals surface area contributed by atoms with E-state index in [-0.39, 0.29) is 0 Å². The van der Waals surface area contributed by atoms with Crippen LogP contribution in [0.2, 0.25) is 0 Å². The number of hydrogen-bond donors (Lipinski definition) is 0. The minimum absolute atomic E-state index is 1.21. The van der Waals surface area contributed by atoms with Crippen molar-refractivity contribution < 1.29 is 0 Å². The van der Waals surface area contributed by atoms with Crippen LogP contribution in [-0.4, -0.2) is 0 Å². The molecule has 0 atom stereocenters. The summed E-state index contributed by atoms with van der Waals surface area (Å²) >= 11 is 0. The van der Waals surface area contributed by atoms with Gasteiger partial charge in [-0.2, -0.15) is 0 Å². The Kier molecular flexibility index (Phi) is 2.82. The van der Waals surface area contributed by atoms with Crippen LogP contribution in [0.25, 0.3) is 0 Å². The van der Waals surface area contributed by atoms with Gasteiger partial charge in [-0.15, -0.1) is 0 Å². The highest BCUT2D eigenvalue weighted by Gasteiger charge is 1.99. The zero-order valence-corrected chi connectivity index (χ0v) is 6.24. The lowest BCUT2D eigenvalue weighted by atomic mass is 10.1. The molecule has 0 aromatic heterocycles. The van der Waals surface area contributed by atoms with Crippen molar-refractivity contribution in [1.29, 1.82) is 0 Å². The molecule has 0 N–H and O–H groups in total. The van der Waals surface area contributed by atoms with E-state index in [2.05, 4.69) is 13.0 Å². The van der Waals surface area contributed by atoms with Crippen LogP contribution >= 0.6 is 0 Å². The van der Waals surface area contributed by atoms with Gasteiger partial charge in [-0.25, -0.2) is 0 Å². The summed E-state index contributed by atoms with van der Waals surface area (Å²) < 4.78 is 0. The third-order valence-electron chi connectivity index (χ3n) is 1.96. The van der Waals surface area contributed by atoms with Crippen LogP contribution in [-0.2, 0) is 0 Å². The molecule has 0 aromatic rings. The molecule has 0 saturated heterocycles. The minimum atomic E-state index is 1.21. The molecule has 0 fully saturated rings. The van der Waals surface area contributed by atoms with Gasteiger partial charge < -0.3 is 0 Å². The second kappa shape index (κ2) is 3.71. The fourth-order valence-corrected chi connectivity index (χ4v) is 1.30. The van der Waals surface area contributed by atoms with Crippen LogP contribution < -0.4 is 0 Å². The van der Waals surface area contributed by atoms with Crippen molar-refractivity contribution in [2.45, 2.75) is 45.4 Å². The molecule has 0 unspecified atom stereocenters. The molecule has 0 heteroatoms. The van der Waals surface area contributed by atoms with E-state index < -0.39 is 0 Å². The molecule has 1 radical (unpaired) electrons. The van der Waals surface area contributed by atoms with E-state index in [0.29, 0.717) is 0 Å². The van der Waals surface area contributed by atoms with Crippen molar-refractivity contribution in [2.75, 3.05) is 0 Å². The number of hydrogen-bond acceptors (Lipinski definition) is 0. The third-order valence-corrected chi connectivity index (χ3v) is 1.96. The SMILES string of the molecule is CCC1=[C]CCCCC1. The van der Waals surface area contributed by atoms with E-state index in [4.69, 9.17) is 0 Å². The van der Waals surface area contributed by atoms with Gasteiger partial charge in [-0.05, 0) is 38.2 Å². The monoisotopic (exact) mass is 123 g/mol. The van der Waals surface area contributed by atoms with Crippen molar-refractivity contribution in [1.82, 2.24) is 0 Å². The molecule has 0 nitrogen and oxygen atoms in total. The van der Waals surface area contributed by atoms with Crippen molar-refractivity contribution in [3.8, 4) is 0 Å². The first-order valence-electron chi connectivity index (χ1n) is 4.02. The van der Waals surface area contributed by atoms with Gasteiger partial charge in [0, 0.05) is 0 Å². The first-order chi connectivity index (χ1) is 4.43. The molecular formula is C9H15. The van der Waals surface area contributed by atoms with Gasteiger partial charge in [0.25, 0.3) is 0 Å². The first-order valence-corrected chi connectivity index (χ1v) is 4.02. The van der Waals surface area contributed by atoms with E-state index in [1.54, 1.807) is 5.57 Å². The molecule has 51 valence electrons. The Balaban J connectivity index is 2.37. The molecule has 0 aliphatic heterocycles. The maximum Gasteiger partial charge on any atom is -0.0277 e. The molecule has 9 heavy (non-hydrogen) atoms. The average Bonchev–Trinajstić information content (AvgIpc) is 2.13. The van der Waals surface area contributed by atoms with Crippen molar-refractivity contribution in [2.24, 2.45) is 0 Å². The highest BCUT2D eigenvalue weighted by Crippen LogP contribution is 2.17. The lowest BCUT2D eigenvalue weighted by Crippen LogP contribution is -1.77. The van der Waals surface area contributed by atoms with Gasteiger partial charge in [0.2, 0.25) is 0 Å². The second-order valence-electron chi connectivity index (χ2n) is 2.69. The molecule has 0 aromatic carbocycles. The summed E-state index contributed by atoms with van der Waals surface area (Å²) in [7, 11) is 0. The summed E-state index contributed by atoms with van der Waals surface area (Å²) in [6.07, 6.45) is 11.4. The molecule has 1 rings (SSSR count). The number of allylic oxidation sites excluding steroid dienone is 2. The van der Waals surface area contributed by atoms with Gasteiger partial charge >= 0.3 is 0 Å². The quantitative estimate of drug-likeness (QED) is 0.502.